The largest absolute Gasteiger partial charge is 0.324 e. The van der Waals surface area contributed by atoms with E-state index in [1.165, 1.54) is 12.0 Å². The number of rotatable bonds is 3. The molecule has 2 N–H and O–H groups in total. The summed E-state index contributed by atoms with van der Waals surface area (Å²) in [6.07, 6.45) is 2.33. The van der Waals surface area contributed by atoms with Crippen LogP contribution in [0.2, 0.25) is 0 Å². The van der Waals surface area contributed by atoms with Crippen molar-refractivity contribution in [3.05, 3.63) is 29.8 Å². The van der Waals surface area contributed by atoms with Crippen LogP contribution in [0.15, 0.2) is 24.3 Å². The molecule has 110 valence electrons. The molecule has 0 bridgehead atoms. The zero-order chi connectivity index (χ0) is 14.5. The summed E-state index contributed by atoms with van der Waals surface area (Å²) in [4.78, 5) is 14.1. The minimum absolute atomic E-state index is 0.0194. The number of hydrogen-bond acceptors (Lipinski definition) is 2. The number of benzene rings is 1. The Bertz CT molecular complexity index is 444. The Hall–Kier alpha value is -1.55. The van der Waals surface area contributed by atoms with Gasteiger partial charge in [-0.05, 0) is 50.4 Å². The van der Waals surface area contributed by atoms with E-state index in [9.17, 15) is 4.79 Å². The maximum absolute atomic E-state index is 12.2. The van der Waals surface area contributed by atoms with Gasteiger partial charge in [0.2, 0.25) is 0 Å². The monoisotopic (exact) mass is 275 g/mol. The standard InChI is InChI=1S/C16H25N3O/c1-12-5-4-10-19(11-12)16(20)18-15-8-6-14(7-9-15)13(2)17-3/h6-9,12-13,17H,4-5,10-11H2,1-3H3,(H,18,20). The molecule has 0 radical (unpaired) electrons. The molecule has 1 aliphatic heterocycles. The highest BCUT2D eigenvalue weighted by atomic mass is 16.2. The first-order chi connectivity index (χ1) is 9.60. The molecule has 0 aromatic heterocycles. The lowest BCUT2D eigenvalue weighted by molar-refractivity contribution is 0.182. The van der Waals surface area contributed by atoms with Crippen molar-refractivity contribution in [1.82, 2.24) is 10.2 Å². The molecule has 0 saturated carbocycles. The van der Waals surface area contributed by atoms with Crippen LogP contribution in [-0.4, -0.2) is 31.1 Å². The summed E-state index contributed by atoms with van der Waals surface area (Å²) in [5.41, 5.74) is 2.08. The Morgan fingerprint density at radius 1 is 1.35 bits per heavy atom. The average molecular weight is 275 g/mol. The minimum Gasteiger partial charge on any atom is -0.324 e. The van der Waals surface area contributed by atoms with Crippen molar-refractivity contribution in [2.75, 3.05) is 25.5 Å². The van der Waals surface area contributed by atoms with Gasteiger partial charge in [0.1, 0.15) is 0 Å². The van der Waals surface area contributed by atoms with Gasteiger partial charge in [0.25, 0.3) is 0 Å². The van der Waals surface area contributed by atoms with Gasteiger partial charge in [0.05, 0.1) is 0 Å². The van der Waals surface area contributed by atoms with Crippen molar-refractivity contribution in [2.45, 2.75) is 32.7 Å². The molecule has 1 aromatic rings. The Balaban J connectivity index is 1.94. The summed E-state index contributed by atoms with van der Waals surface area (Å²) in [6, 6.07) is 8.38. The minimum atomic E-state index is 0.0194. The fourth-order valence-electron chi connectivity index (χ4n) is 2.60. The molecule has 1 aromatic carbocycles. The molecule has 20 heavy (non-hydrogen) atoms. The Kier molecular flexibility index (Phi) is 5.01. The molecule has 2 rings (SSSR count). The van der Waals surface area contributed by atoms with Crippen molar-refractivity contribution in [2.24, 2.45) is 5.92 Å². The van der Waals surface area contributed by atoms with Crippen LogP contribution in [0.1, 0.15) is 38.3 Å². The summed E-state index contributed by atoms with van der Waals surface area (Å²) in [7, 11) is 1.94. The molecule has 1 saturated heterocycles. The fourth-order valence-corrected chi connectivity index (χ4v) is 2.60. The molecule has 1 aliphatic rings. The first-order valence-corrected chi connectivity index (χ1v) is 7.43. The summed E-state index contributed by atoms with van der Waals surface area (Å²) in [6.45, 7) is 6.04. The lowest BCUT2D eigenvalue weighted by Crippen LogP contribution is -2.41. The normalized spacial score (nSPS) is 20.6. The van der Waals surface area contributed by atoms with Gasteiger partial charge in [-0.1, -0.05) is 19.1 Å². The van der Waals surface area contributed by atoms with E-state index >= 15 is 0 Å². The Morgan fingerprint density at radius 2 is 2.05 bits per heavy atom. The maximum atomic E-state index is 12.2. The highest BCUT2D eigenvalue weighted by molar-refractivity contribution is 5.89. The molecule has 4 nitrogen and oxygen atoms in total. The summed E-state index contributed by atoms with van der Waals surface area (Å²) >= 11 is 0. The number of likely N-dealkylation sites (tertiary alicyclic amines) is 1. The third-order valence-electron chi connectivity index (χ3n) is 4.04. The van der Waals surface area contributed by atoms with Gasteiger partial charge in [0, 0.05) is 24.8 Å². The van der Waals surface area contributed by atoms with Crippen LogP contribution in [0.5, 0.6) is 0 Å². The fraction of sp³-hybridized carbons (Fsp3) is 0.562. The Labute approximate surface area is 121 Å². The van der Waals surface area contributed by atoms with Crippen LogP contribution in [0.25, 0.3) is 0 Å². The zero-order valence-electron chi connectivity index (χ0n) is 12.6. The van der Waals surface area contributed by atoms with Crippen LogP contribution in [0.4, 0.5) is 10.5 Å². The van der Waals surface area contributed by atoms with Crippen molar-refractivity contribution < 1.29 is 4.79 Å². The summed E-state index contributed by atoms with van der Waals surface area (Å²) in [5, 5.41) is 6.19. The van der Waals surface area contributed by atoms with Gasteiger partial charge in [-0.15, -0.1) is 0 Å². The number of hydrogen-bond donors (Lipinski definition) is 2. The van der Waals surface area contributed by atoms with E-state index < -0.39 is 0 Å². The topological polar surface area (TPSA) is 44.4 Å². The molecular formula is C16H25N3O. The van der Waals surface area contributed by atoms with Gasteiger partial charge in [-0.2, -0.15) is 0 Å². The second kappa shape index (κ2) is 6.75. The van der Waals surface area contributed by atoms with E-state index in [0.717, 1.165) is 25.2 Å². The second-order valence-corrected chi connectivity index (χ2v) is 5.76. The predicted molar refractivity (Wildman–Crippen MR) is 82.9 cm³/mol. The van der Waals surface area contributed by atoms with Crippen LogP contribution in [0, 0.1) is 5.92 Å². The molecule has 1 heterocycles. The molecule has 2 amide bonds. The highest BCUT2D eigenvalue weighted by Gasteiger charge is 2.20. The molecule has 1 fully saturated rings. The Morgan fingerprint density at radius 3 is 2.65 bits per heavy atom. The third kappa shape index (κ3) is 3.73. The number of urea groups is 1. The van der Waals surface area contributed by atoms with E-state index in [2.05, 4.69) is 36.6 Å². The van der Waals surface area contributed by atoms with Gasteiger partial charge in [-0.3, -0.25) is 0 Å². The molecule has 2 atom stereocenters. The van der Waals surface area contributed by atoms with Crippen molar-refractivity contribution >= 4 is 11.7 Å². The summed E-state index contributed by atoms with van der Waals surface area (Å²) in [5.74, 6) is 0.605. The molecular weight excluding hydrogens is 250 g/mol. The van der Waals surface area contributed by atoms with E-state index in [1.54, 1.807) is 0 Å². The number of carbonyl (C=O) groups excluding carboxylic acids is 1. The quantitative estimate of drug-likeness (QED) is 0.889. The average Bonchev–Trinajstić information content (AvgIpc) is 2.47. The maximum Gasteiger partial charge on any atom is 0.321 e. The van der Waals surface area contributed by atoms with Gasteiger partial charge >= 0.3 is 6.03 Å². The van der Waals surface area contributed by atoms with Crippen LogP contribution >= 0.6 is 0 Å². The van der Waals surface area contributed by atoms with Gasteiger partial charge in [0.15, 0.2) is 0 Å². The van der Waals surface area contributed by atoms with Crippen LogP contribution < -0.4 is 10.6 Å². The smallest absolute Gasteiger partial charge is 0.321 e. The van der Waals surface area contributed by atoms with E-state index in [-0.39, 0.29) is 6.03 Å². The van der Waals surface area contributed by atoms with Crippen molar-refractivity contribution in [3.63, 3.8) is 0 Å². The SMILES string of the molecule is CNC(C)c1ccc(NC(=O)N2CCCC(C)C2)cc1. The van der Waals surface area contributed by atoms with Crippen molar-refractivity contribution in [3.8, 4) is 0 Å². The first kappa shape index (κ1) is 14.9. The molecule has 2 unspecified atom stereocenters. The van der Waals surface area contributed by atoms with E-state index in [4.69, 9.17) is 0 Å². The second-order valence-electron chi connectivity index (χ2n) is 5.76. The lowest BCUT2D eigenvalue weighted by Gasteiger charge is -2.31. The number of piperidine rings is 1. The first-order valence-electron chi connectivity index (χ1n) is 7.43. The number of nitrogens with zero attached hydrogens (tertiary/aromatic N) is 1. The molecule has 0 aliphatic carbocycles. The number of anilines is 1. The number of nitrogens with one attached hydrogen (secondary N) is 2. The summed E-state index contributed by atoms with van der Waals surface area (Å²) < 4.78 is 0. The van der Waals surface area contributed by atoms with Gasteiger partial charge in [-0.25, -0.2) is 4.79 Å². The predicted octanol–water partition coefficient (Wildman–Crippen LogP) is 3.23. The number of carbonyl (C=O) groups is 1. The molecule has 0 spiro atoms. The zero-order valence-corrected chi connectivity index (χ0v) is 12.6. The van der Waals surface area contributed by atoms with Crippen LogP contribution in [-0.2, 0) is 0 Å². The van der Waals surface area contributed by atoms with Gasteiger partial charge < -0.3 is 15.5 Å². The number of amides is 2. The van der Waals surface area contributed by atoms with E-state index in [1.807, 2.05) is 24.1 Å². The van der Waals surface area contributed by atoms with Crippen LogP contribution in [0.3, 0.4) is 0 Å². The third-order valence-corrected chi connectivity index (χ3v) is 4.04. The van der Waals surface area contributed by atoms with E-state index in [0.29, 0.717) is 12.0 Å². The van der Waals surface area contributed by atoms with Crippen molar-refractivity contribution in [1.29, 1.82) is 0 Å². The lowest BCUT2D eigenvalue weighted by atomic mass is 10.0. The molecule has 4 heteroatoms. The highest BCUT2D eigenvalue weighted by Crippen LogP contribution is 2.18.